The molecule has 1 N–H and O–H groups in total. The van der Waals surface area contributed by atoms with E-state index in [1.807, 2.05) is 27.7 Å². The maximum atomic E-state index is 13.3. The largest absolute Gasteiger partial charge is 0.496 e. The lowest BCUT2D eigenvalue weighted by atomic mass is 9.80. The molecule has 1 aromatic carbocycles. The van der Waals surface area contributed by atoms with Crippen molar-refractivity contribution in [2.75, 3.05) is 11.8 Å². The van der Waals surface area contributed by atoms with Crippen LogP contribution in [0.15, 0.2) is 35.4 Å². The number of nitrogens with zero attached hydrogens (tertiary/aromatic N) is 1. The molecule has 2 aromatic rings. The van der Waals surface area contributed by atoms with Crippen LogP contribution in [-0.2, 0) is 19.3 Å². The molecule has 0 saturated carbocycles. The fourth-order valence-electron chi connectivity index (χ4n) is 2.71. The standard InChI is InChI=1S/C18H21BClFN2O5S/c1-17(2)18(3,4)28-19(27-17)11-8-14(16(26-5)22-10-11)23-29(24,25)15-7-6-12(21)9-13(15)20/h6-10,23H,1-5H3. The molecular formula is C18H21BClFN2O5S. The van der Waals surface area contributed by atoms with Crippen molar-refractivity contribution in [2.24, 2.45) is 0 Å². The molecule has 0 spiro atoms. The molecule has 1 aromatic heterocycles. The lowest BCUT2D eigenvalue weighted by Gasteiger charge is -2.32. The predicted molar refractivity (Wildman–Crippen MR) is 109 cm³/mol. The molecule has 3 rings (SSSR count). The average Bonchev–Trinajstić information content (AvgIpc) is 2.81. The quantitative estimate of drug-likeness (QED) is 0.716. The number of pyridine rings is 1. The van der Waals surface area contributed by atoms with Gasteiger partial charge in [-0.2, -0.15) is 0 Å². The summed E-state index contributed by atoms with van der Waals surface area (Å²) >= 11 is 5.91. The minimum atomic E-state index is -4.13. The molecule has 0 aliphatic carbocycles. The van der Waals surface area contributed by atoms with Crippen LogP contribution in [0.1, 0.15) is 27.7 Å². The Morgan fingerprint density at radius 3 is 2.34 bits per heavy atom. The van der Waals surface area contributed by atoms with Crippen LogP contribution in [0.5, 0.6) is 5.88 Å². The van der Waals surface area contributed by atoms with Gasteiger partial charge in [0.1, 0.15) is 16.4 Å². The number of ether oxygens (including phenoxy) is 1. The minimum Gasteiger partial charge on any atom is -0.480 e. The molecule has 1 aliphatic rings. The first-order valence-corrected chi connectivity index (χ1v) is 10.6. The number of anilines is 1. The number of halogens is 2. The highest BCUT2D eigenvalue weighted by Gasteiger charge is 2.52. The van der Waals surface area contributed by atoms with Gasteiger partial charge in [0.05, 0.1) is 23.3 Å². The third-order valence-corrected chi connectivity index (χ3v) is 6.87. The SMILES string of the molecule is COc1ncc(B2OC(C)(C)C(C)(C)O2)cc1NS(=O)(=O)c1ccc(F)cc1Cl. The summed E-state index contributed by atoms with van der Waals surface area (Å²) in [5.41, 5.74) is -0.565. The smallest absolute Gasteiger partial charge is 0.480 e. The Bertz CT molecular complexity index is 1030. The van der Waals surface area contributed by atoms with Gasteiger partial charge in [-0.1, -0.05) is 11.6 Å². The Balaban J connectivity index is 1.96. The summed E-state index contributed by atoms with van der Waals surface area (Å²) in [5, 5.41) is -0.244. The molecular weight excluding hydrogens is 422 g/mol. The van der Waals surface area contributed by atoms with Crippen molar-refractivity contribution in [3.63, 3.8) is 0 Å². The van der Waals surface area contributed by atoms with Crippen molar-refractivity contribution in [3.8, 4) is 5.88 Å². The lowest BCUT2D eigenvalue weighted by molar-refractivity contribution is 0.00578. The highest BCUT2D eigenvalue weighted by Crippen LogP contribution is 2.37. The molecule has 0 amide bonds. The van der Waals surface area contributed by atoms with E-state index in [0.29, 0.717) is 5.46 Å². The highest BCUT2D eigenvalue weighted by molar-refractivity contribution is 7.92. The van der Waals surface area contributed by atoms with Gasteiger partial charge in [0.25, 0.3) is 10.0 Å². The normalized spacial score (nSPS) is 18.0. The van der Waals surface area contributed by atoms with E-state index in [-0.39, 0.29) is 21.5 Å². The van der Waals surface area contributed by atoms with E-state index >= 15 is 0 Å². The number of nitrogens with one attached hydrogen (secondary N) is 1. The van der Waals surface area contributed by atoms with E-state index in [0.717, 1.165) is 18.2 Å². The van der Waals surface area contributed by atoms with Crippen LogP contribution < -0.4 is 14.9 Å². The number of rotatable bonds is 5. The van der Waals surface area contributed by atoms with E-state index in [9.17, 15) is 12.8 Å². The Morgan fingerprint density at radius 1 is 1.17 bits per heavy atom. The number of aromatic nitrogens is 1. The summed E-state index contributed by atoms with van der Waals surface area (Å²) in [6, 6.07) is 4.53. The van der Waals surface area contributed by atoms with Gasteiger partial charge < -0.3 is 14.0 Å². The topological polar surface area (TPSA) is 86.8 Å². The van der Waals surface area contributed by atoms with Crippen molar-refractivity contribution in [3.05, 3.63) is 41.3 Å². The van der Waals surface area contributed by atoms with Gasteiger partial charge in [0.2, 0.25) is 5.88 Å². The van der Waals surface area contributed by atoms with Gasteiger partial charge in [-0.3, -0.25) is 4.72 Å². The Labute approximate surface area is 174 Å². The number of benzene rings is 1. The van der Waals surface area contributed by atoms with Crippen molar-refractivity contribution in [2.45, 2.75) is 43.8 Å². The second-order valence-electron chi connectivity index (χ2n) is 7.59. The van der Waals surface area contributed by atoms with Gasteiger partial charge in [-0.25, -0.2) is 17.8 Å². The maximum Gasteiger partial charge on any atom is 0.496 e. The zero-order chi connectivity index (χ0) is 21.6. The van der Waals surface area contributed by atoms with Crippen LogP contribution in [0.3, 0.4) is 0 Å². The summed E-state index contributed by atoms with van der Waals surface area (Å²) in [7, 11) is -3.51. The zero-order valence-corrected chi connectivity index (χ0v) is 18.2. The monoisotopic (exact) mass is 442 g/mol. The van der Waals surface area contributed by atoms with E-state index in [1.54, 1.807) is 0 Å². The summed E-state index contributed by atoms with van der Waals surface area (Å²) in [4.78, 5) is 3.88. The average molecular weight is 443 g/mol. The molecule has 1 aliphatic heterocycles. The fourth-order valence-corrected chi connectivity index (χ4v) is 4.29. The van der Waals surface area contributed by atoms with Crippen molar-refractivity contribution in [1.29, 1.82) is 0 Å². The predicted octanol–water partition coefficient (Wildman–Crippen LogP) is 2.98. The first-order chi connectivity index (χ1) is 13.4. The fraction of sp³-hybridized carbons (Fsp3) is 0.389. The van der Waals surface area contributed by atoms with E-state index < -0.39 is 34.2 Å². The Hall–Kier alpha value is -1.88. The number of sulfonamides is 1. The second kappa shape index (κ2) is 7.43. The van der Waals surface area contributed by atoms with Gasteiger partial charge in [-0.05, 0) is 52.0 Å². The number of hydrogen-bond acceptors (Lipinski definition) is 6. The molecule has 0 bridgehead atoms. The lowest BCUT2D eigenvalue weighted by Crippen LogP contribution is -2.41. The molecule has 1 fully saturated rings. The molecule has 7 nitrogen and oxygen atoms in total. The molecule has 156 valence electrons. The van der Waals surface area contributed by atoms with Gasteiger partial charge in [-0.15, -0.1) is 0 Å². The first-order valence-electron chi connectivity index (χ1n) is 8.74. The van der Waals surface area contributed by atoms with E-state index in [1.165, 1.54) is 19.4 Å². The summed E-state index contributed by atoms with van der Waals surface area (Å²) in [5.74, 6) is -0.594. The molecule has 29 heavy (non-hydrogen) atoms. The molecule has 1 saturated heterocycles. The number of hydrogen-bond donors (Lipinski definition) is 1. The molecule has 0 radical (unpaired) electrons. The number of methoxy groups -OCH3 is 1. The molecule has 11 heteroatoms. The molecule has 0 unspecified atom stereocenters. The summed E-state index contributed by atoms with van der Waals surface area (Å²) in [6.07, 6.45) is 1.49. The van der Waals surface area contributed by atoms with Crippen LogP contribution in [0.25, 0.3) is 0 Å². The van der Waals surface area contributed by atoms with Crippen LogP contribution >= 0.6 is 11.6 Å². The first kappa shape index (κ1) is 21.8. The van der Waals surface area contributed by atoms with Crippen LogP contribution in [0.2, 0.25) is 5.02 Å². The van der Waals surface area contributed by atoms with E-state index in [2.05, 4.69) is 9.71 Å². The van der Waals surface area contributed by atoms with Crippen LogP contribution in [0, 0.1) is 5.82 Å². The van der Waals surface area contributed by atoms with E-state index in [4.69, 9.17) is 25.6 Å². The van der Waals surface area contributed by atoms with Gasteiger partial charge in [0.15, 0.2) is 0 Å². The Morgan fingerprint density at radius 2 is 1.79 bits per heavy atom. The summed E-state index contributed by atoms with van der Waals surface area (Å²) < 4.78 is 58.3. The third kappa shape index (κ3) is 4.21. The van der Waals surface area contributed by atoms with Gasteiger partial charge in [0, 0.05) is 11.7 Å². The summed E-state index contributed by atoms with van der Waals surface area (Å²) in [6.45, 7) is 7.63. The Kier molecular flexibility index (Phi) is 5.59. The van der Waals surface area contributed by atoms with Crippen LogP contribution in [0.4, 0.5) is 10.1 Å². The maximum absolute atomic E-state index is 13.3. The van der Waals surface area contributed by atoms with Crippen LogP contribution in [-0.4, -0.2) is 38.8 Å². The van der Waals surface area contributed by atoms with Crippen molar-refractivity contribution >= 4 is 39.9 Å². The van der Waals surface area contributed by atoms with Gasteiger partial charge >= 0.3 is 7.12 Å². The van der Waals surface area contributed by atoms with Crippen molar-refractivity contribution in [1.82, 2.24) is 4.98 Å². The zero-order valence-electron chi connectivity index (χ0n) is 16.6. The van der Waals surface area contributed by atoms with Crippen molar-refractivity contribution < 1.29 is 26.9 Å². The highest BCUT2D eigenvalue weighted by atomic mass is 35.5. The molecule has 2 heterocycles. The second-order valence-corrected chi connectivity index (χ2v) is 9.65. The molecule has 0 atom stereocenters. The third-order valence-electron chi connectivity index (χ3n) is 5.02. The minimum absolute atomic E-state index is 0.0482.